The van der Waals surface area contributed by atoms with Crippen molar-refractivity contribution in [2.45, 2.75) is 39.2 Å². The predicted octanol–water partition coefficient (Wildman–Crippen LogP) is 2.63. The third-order valence-electron chi connectivity index (χ3n) is 3.16. The van der Waals surface area contributed by atoms with Gasteiger partial charge in [0.15, 0.2) is 6.61 Å². The standard InChI is InChI=1S/C15H23BrN2O2/c1-4-15(2,3)18-14(19)10-20-13-6-5-12(16)9-11(13)7-8-17/h5-6,9H,4,7-8,10,17H2,1-3H3,(H,18,19). The summed E-state index contributed by atoms with van der Waals surface area (Å²) in [6.07, 6.45) is 1.59. The van der Waals surface area contributed by atoms with Crippen LogP contribution in [0.3, 0.4) is 0 Å². The van der Waals surface area contributed by atoms with Gasteiger partial charge in [0.1, 0.15) is 5.75 Å². The molecule has 1 aromatic carbocycles. The maximum absolute atomic E-state index is 11.9. The molecule has 5 heteroatoms. The number of benzene rings is 1. The second-order valence-corrected chi connectivity index (χ2v) is 6.28. The first-order chi connectivity index (χ1) is 9.38. The highest BCUT2D eigenvalue weighted by atomic mass is 79.9. The Morgan fingerprint density at radius 2 is 2.15 bits per heavy atom. The van der Waals surface area contributed by atoms with E-state index in [9.17, 15) is 4.79 Å². The largest absolute Gasteiger partial charge is 0.483 e. The van der Waals surface area contributed by atoms with Crippen molar-refractivity contribution in [1.82, 2.24) is 5.32 Å². The molecule has 0 saturated heterocycles. The number of nitrogens with two attached hydrogens (primary N) is 1. The number of rotatable bonds is 7. The van der Waals surface area contributed by atoms with Crippen LogP contribution >= 0.6 is 15.9 Å². The van der Waals surface area contributed by atoms with Gasteiger partial charge in [-0.1, -0.05) is 22.9 Å². The van der Waals surface area contributed by atoms with Crippen LogP contribution < -0.4 is 15.8 Å². The number of carbonyl (C=O) groups excluding carboxylic acids is 1. The molecule has 0 saturated carbocycles. The van der Waals surface area contributed by atoms with E-state index in [0.717, 1.165) is 22.9 Å². The van der Waals surface area contributed by atoms with E-state index in [0.29, 0.717) is 12.3 Å². The van der Waals surface area contributed by atoms with E-state index in [1.54, 1.807) is 0 Å². The summed E-state index contributed by atoms with van der Waals surface area (Å²) in [5.41, 5.74) is 6.38. The van der Waals surface area contributed by atoms with Crippen LogP contribution in [0.4, 0.5) is 0 Å². The van der Waals surface area contributed by atoms with Crippen LogP contribution in [0.5, 0.6) is 5.75 Å². The minimum absolute atomic E-state index is 0.0165. The second kappa shape index (κ2) is 7.64. The number of carbonyl (C=O) groups is 1. The average Bonchev–Trinajstić information content (AvgIpc) is 2.38. The Morgan fingerprint density at radius 1 is 1.45 bits per heavy atom. The maximum Gasteiger partial charge on any atom is 0.258 e. The normalized spacial score (nSPS) is 11.2. The van der Waals surface area contributed by atoms with Gasteiger partial charge in [-0.3, -0.25) is 4.79 Å². The van der Waals surface area contributed by atoms with E-state index in [4.69, 9.17) is 10.5 Å². The molecule has 0 aliphatic carbocycles. The number of hydrogen-bond donors (Lipinski definition) is 2. The van der Waals surface area contributed by atoms with Crippen molar-refractivity contribution in [2.24, 2.45) is 5.73 Å². The molecule has 0 heterocycles. The molecule has 112 valence electrons. The zero-order valence-electron chi connectivity index (χ0n) is 12.3. The Balaban J connectivity index is 2.63. The Bertz CT molecular complexity index is 461. The SMILES string of the molecule is CCC(C)(C)NC(=O)COc1ccc(Br)cc1CCN. The van der Waals surface area contributed by atoms with Gasteiger partial charge in [-0.2, -0.15) is 0 Å². The van der Waals surface area contributed by atoms with E-state index >= 15 is 0 Å². The lowest BCUT2D eigenvalue weighted by Crippen LogP contribution is -2.44. The minimum atomic E-state index is -0.208. The molecule has 0 fully saturated rings. The fourth-order valence-electron chi connectivity index (χ4n) is 1.68. The topological polar surface area (TPSA) is 64.3 Å². The lowest BCUT2D eigenvalue weighted by atomic mass is 10.0. The van der Waals surface area contributed by atoms with Crippen LogP contribution in [-0.2, 0) is 11.2 Å². The molecule has 1 aromatic rings. The molecule has 1 rings (SSSR count). The van der Waals surface area contributed by atoms with Crippen molar-refractivity contribution < 1.29 is 9.53 Å². The molecule has 1 amide bonds. The lowest BCUT2D eigenvalue weighted by molar-refractivity contribution is -0.124. The minimum Gasteiger partial charge on any atom is -0.483 e. The van der Waals surface area contributed by atoms with Gasteiger partial charge in [0.05, 0.1) is 0 Å². The summed E-state index contributed by atoms with van der Waals surface area (Å²) < 4.78 is 6.59. The van der Waals surface area contributed by atoms with Gasteiger partial charge in [-0.25, -0.2) is 0 Å². The molecule has 0 aliphatic heterocycles. The van der Waals surface area contributed by atoms with Crippen molar-refractivity contribution in [2.75, 3.05) is 13.2 Å². The van der Waals surface area contributed by atoms with Gasteiger partial charge in [-0.15, -0.1) is 0 Å². The van der Waals surface area contributed by atoms with E-state index < -0.39 is 0 Å². The van der Waals surface area contributed by atoms with Crippen molar-refractivity contribution in [1.29, 1.82) is 0 Å². The quantitative estimate of drug-likeness (QED) is 0.800. The molecule has 0 bridgehead atoms. The summed E-state index contributed by atoms with van der Waals surface area (Å²) in [5, 5.41) is 2.94. The molecule has 3 N–H and O–H groups in total. The summed E-state index contributed by atoms with van der Waals surface area (Å²) in [5.74, 6) is 0.599. The number of halogens is 1. The van der Waals surface area contributed by atoms with Gasteiger partial charge < -0.3 is 15.8 Å². The van der Waals surface area contributed by atoms with Crippen molar-refractivity contribution >= 4 is 21.8 Å². The lowest BCUT2D eigenvalue weighted by Gasteiger charge is -2.24. The first kappa shape index (κ1) is 17.0. The first-order valence-corrected chi connectivity index (χ1v) is 7.59. The van der Waals surface area contributed by atoms with Crippen molar-refractivity contribution in [3.63, 3.8) is 0 Å². The summed E-state index contributed by atoms with van der Waals surface area (Å²) in [7, 11) is 0. The molecule has 20 heavy (non-hydrogen) atoms. The molecule has 0 aromatic heterocycles. The number of amides is 1. The highest BCUT2D eigenvalue weighted by molar-refractivity contribution is 9.10. The summed E-state index contributed by atoms with van der Waals surface area (Å²) in [4.78, 5) is 11.9. The van der Waals surface area contributed by atoms with Gasteiger partial charge in [0.25, 0.3) is 5.91 Å². The Morgan fingerprint density at radius 3 is 2.75 bits per heavy atom. The van der Waals surface area contributed by atoms with Crippen molar-refractivity contribution in [3.05, 3.63) is 28.2 Å². The number of hydrogen-bond acceptors (Lipinski definition) is 3. The predicted molar refractivity (Wildman–Crippen MR) is 84.9 cm³/mol. The molecular formula is C15H23BrN2O2. The first-order valence-electron chi connectivity index (χ1n) is 6.80. The fraction of sp³-hybridized carbons (Fsp3) is 0.533. The molecule has 0 unspecified atom stereocenters. The van der Waals surface area contributed by atoms with Gasteiger partial charge in [0.2, 0.25) is 0 Å². The maximum atomic E-state index is 11.9. The van der Waals surface area contributed by atoms with Crippen LogP contribution in [-0.4, -0.2) is 24.6 Å². The van der Waals surface area contributed by atoms with E-state index in [-0.39, 0.29) is 18.1 Å². The van der Waals surface area contributed by atoms with E-state index in [2.05, 4.69) is 21.2 Å². The third-order valence-corrected chi connectivity index (χ3v) is 3.65. The fourth-order valence-corrected chi connectivity index (χ4v) is 2.09. The summed E-state index contributed by atoms with van der Waals surface area (Å²) in [6.45, 7) is 6.58. The monoisotopic (exact) mass is 342 g/mol. The van der Waals surface area contributed by atoms with Crippen LogP contribution in [0, 0.1) is 0 Å². The van der Waals surface area contributed by atoms with Crippen LogP contribution in [0.1, 0.15) is 32.8 Å². The second-order valence-electron chi connectivity index (χ2n) is 5.37. The highest BCUT2D eigenvalue weighted by Crippen LogP contribution is 2.23. The van der Waals surface area contributed by atoms with E-state index in [1.807, 2.05) is 39.0 Å². The average molecular weight is 343 g/mol. The summed E-state index contributed by atoms with van der Waals surface area (Å²) >= 11 is 3.42. The molecular weight excluding hydrogens is 320 g/mol. The smallest absolute Gasteiger partial charge is 0.258 e. The Hall–Kier alpha value is -1.07. The molecule has 4 nitrogen and oxygen atoms in total. The van der Waals surface area contributed by atoms with Gasteiger partial charge >= 0.3 is 0 Å². The molecule has 0 radical (unpaired) electrons. The van der Waals surface area contributed by atoms with E-state index in [1.165, 1.54) is 0 Å². The Kier molecular flexibility index (Phi) is 6.49. The zero-order chi connectivity index (χ0) is 15.2. The molecule has 0 atom stereocenters. The van der Waals surface area contributed by atoms with Crippen molar-refractivity contribution in [3.8, 4) is 5.75 Å². The van der Waals surface area contributed by atoms with Crippen LogP contribution in [0.15, 0.2) is 22.7 Å². The number of nitrogens with one attached hydrogen (secondary N) is 1. The summed E-state index contributed by atoms with van der Waals surface area (Å²) in [6, 6.07) is 5.71. The van der Waals surface area contributed by atoms with Gasteiger partial charge in [-0.05, 0) is 57.0 Å². The highest BCUT2D eigenvalue weighted by Gasteiger charge is 2.18. The zero-order valence-corrected chi connectivity index (χ0v) is 13.9. The van der Waals surface area contributed by atoms with Crippen LogP contribution in [0.25, 0.3) is 0 Å². The number of ether oxygens (including phenoxy) is 1. The third kappa shape index (κ3) is 5.51. The molecule has 0 spiro atoms. The Labute approximate surface area is 129 Å². The molecule has 0 aliphatic rings. The van der Waals surface area contributed by atoms with Gasteiger partial charge in [0, 0.05) is 10.0 Å². The van der Waals surface area contributed by atoms with Crippen LogP contribution in [0.2, 0.25) is 0 Å².